The van der Waals surface area contributed by atoms with Gasteiger partial charge in [-0.1, -0.05) is 0 Å². The van der Waals surface area contributed by atoms with E-state index >= 15 is 0 Å². The maximum absolute atomic E-state index is 12.8. The molecule has 0 atom stereocenters. The summed E-state index contributed by atoms with van der Waals surface area (Å²) in [6.45, 7) is 5.93. The molecule has 0 N–H and O–H groups in total. The van der Waals surface area contributed by atoms with E-state index in [-0.39, 0.29) is 11.5 Å². The number of nitrogens with zero attached hydrogens (tertiary/aromatic N) is 5. The van der Waals surface area contributed by atoms with Crippen molar-refractivity contribution in [2.75, 3.05) is 31.1 Å². The number of carbonyl (C=O) groups excluding carboxylic acids is 1. The second-order valence-electron chi connectivity index (χ2n) is 7.68. The van der Waals surface area contributed by atoms with Crippen molar-refractivity contribution in [1.82, 2.24) is 19.9 Å². The normalized spacial score (nSPS) is 14.5. The first-order valence-corrected chi connectivity index (χ1v) is 10.2. The van der Waals surface area contributed by atoms with Gasteiger partial charge in [-0.2, -0.15) is 13.2 Å². The topological polar surface area (TPSA) is 62.2 Å². The number of carbonyl (C=O) groups is 1. The number of benzene rings is 1. The van der Waals surface area contributed by atoms with Crippen LogP contribution in [-0.2, 0) is 6.18 Å². The number of aromatic nitrogens is 3. The van der Waals surface area contributed by atoms with Crippen LogP contribution in [0.5, 0.6) is 0 Å². The highest BCUT2D eigenvalue weighted by atomic mass is 19.4. The number of alkyl halides is 3. The van der Waals surface area contributed by atoms with Gasteiger partial charge in [0.1, 0.15) is 5.82 Å². The monoisotopic (exact) mass is 441 g/mol. The van der Waals surface area contributed by atoms with E-state index in [1.807, 2.05) is 26.0 Å². The summed E-state index contributed by atoms with van der Waals surface area (Å²) in [6.07, 6.45) is -1.01. The lowest BCUT2D eigenvalue weighted by Gasteiger charge is -2.36. The highest BCUT2D eigenvalue weighted by Crippen LogP contribution is 2.29. The van der Waals surface area contributed by atoms with Crippen LogP contribution in [-0.4, -0.2) is 51.9 Å². The van der Waals surface area contributed by atoms with Crippen LogP contribution in [0.1, 0.15) is 27.2 Å². The van der Waals surface area contributed by atoms with Gasteiger partial charge in [-0.25, -0.2) is 9.97 Å². The van der Waals surface area contributed by atoms with Gasteiger partial charge in [0.05, 0.1) is 5.56 Å². The number of piperazine rings is 1. The zero-order valence-electron chi connectivity index (χ0n) is 17.7. The summed E-state index contributed by atoms with van der Waals surface area (Å²) in [6, 6.07) is 8.08. The molecule has 32 heavy (non-hydrogen) atoms. The average Bonchev–Trinajstić information content (AvgIpc) is 2.80. The molecule has 0 aliphatic carbocycles. The summed E-state index contributed by atoms with van der Waals surface area (Å²) in [4.78, 5) is 30.0. The van der Waals surface area contributed by atoms with Crippen molar-refractivity contribution in [2.24, 2.45) is 0 Å². The Morgan fingerprint density at radius 2 is 1.66 bits per heavy atom. The third-order valence-electron chi connectivity index (χ3n) is 5.61. The number of hydrogen-bond acceptors (Lipinski definition) is 5. The van der Waals surface area contributed by atoms with Crippen molar-refractivity contribution in [3.8, 4) is 11.4 Å². The molecule has 166 valence electrons. The fourth-order valence-electron chi connectivity index (χ4n) is 3.65. The molecule has 1 aromatic carbocycles. The van der Waals surface area contributed by atoms with E-state index in [0.29, 0.717) is 32.0 Å². The Labute approximate surface area is 183 Å². The SMILES string of the molecule is Cc1nc(-c2cccnc2)nc(N2CCN(C(=O)c3ccc(C(F)(F)F)cc3)CC2)c1C. The second-order valence-corrected chi connectivity index (χ2v) is 7.68. The standard InChI is InChI=1S/C23H22F3N5O/c1-15-16(2)28-20(18-4-3-9-27-14-18)29-21(15)30-10-12-31(13-11-30)22(32)17-5-7-19(8-6-17)23(24,25)26/h3-9,14H,10-13H2,1-2H3. The molecule has 1 fully saturated rings. The number of amides is 1. The first-order chi connectivity index (χ1) is 15.2. The Kier molecular flexibility index (Phi) is 5.82. The van der Waals surface area contributed by atoms with Crippen molar-refractivity contribution in [3.63, 3.8) is 0 Å². The van der Waals surface area contributed by atoms with E-state index in [9.17, 15) is 18.0 Å². The maximum atomic E-state index is 12.8. The van der Waals surface area contributed by atoms with Crippen molar-refractivity contribution in [3.05, 3.63) is 71.2 Å². The molecular weight excluding hydrogens is 419 g/mol. The smallest absolute Gasteiger partial charge is 0.353 e. The molecule has 1 amide bonds. The molecule has 1 saturated heterocycles. The Balaban J connectivity index is 1.48. The first-order valence-electron chi connectivity index (χ1n) is 10.2. The van der Waals surface area contributed by atoms with Gasteiger partial charge in [0, 0.05) is 61.0 Å². The van der Waals surface area contributed by atoms with Crippen LogP contribution >= 0.6 is 0 Å². The highest BCUT2D eigenvalue weighted by molar-refractivity contribution is 5.94. The summed E-state index contributed by atoms with van der Waals surface area (Å²) < 4.78 is 38.3. The zero-order chi connectivity index (χ0) is 22.9. The first kappa shape index (κ1) is 21.7. The predicted molar refractivity (Wildman–Crippen MR) is 114 cm³/mol. The van der Waals surface area contributed by atoms with Crippen LogP contribution in [0.3, 0.4) is 0 Å². The van der Waals surface area contributed by atoms with Crippen molar-refractivity contribution < 1.29 is 18.0 Å². The van der Waals surface area contributed by atoms with E-state index in [4.69, 9.17) is 4.98 Å². The van der Waals surface area contributed by atoms with Crippen LogP contribution in [0.2, 0.25) is 0 Å². The molecule has 3 heterocycles. The molecule has 3 aromatic rings. The predicted octanol–water partition coefficient (Wildman–Crippen LogP) is 4.14. The Morgan fingerprint density at radius 1 is 0.969 bits per heavy atom. The van der Waals surface area contributed by atoms with Crippen molar-refractivity contribution in [1.29, 1.82) is 0 Å². The van der Waals surface area contributed by atoms with E-state index in [1.54, 1.807) is 17.3 Å². The molecule has 9 heteroatoms. The summed E-state index contributed by atoms with van der Waals surface area (Å²) in [5.41, 5.74) is 2.16. The summed E-state index contributed by atoms with van der Waals surface area (Å²) in [5, 5.41) is 0. The van der Waals surface area contributed by atoms with Gasteiger partial charge in [0.15, 0.2) is 5.82 Å². The van der Waals surface area contributed by atoms with E-state index in [1.165, 1.54) is 12.1 Å². The molecule has 0 saturated carbocycles. The van der Waals surface area contributed by atoms with Crippen LogP contribution in [0, 0.1) is 13.8 Å². The number of rotatable bonds is 3. The van der Waals surface area contributed by atoms with Crippen LogP contribution in [0.15, 0.2) is 48.8 Å². The van der Waals surface area contributed by atoms with Gasteiger partial charge >= 0.3 is 6.18 Å². The molecule has 0 bridgehead atoms. The fourth-order valence-corrected chi connectivity index (χ4v) is 3.65. The Bertz CT molecular complexity index is 1110. The molecule has 0 unspecified atom stereocenters. The maximum Gasteiger partial charge on any atom is 0.416 e. The number of halogens is 3. The second kappa shape index (κ2) is 8.57. The van der Waals surface area contributed by atoms with Gasteiger partial charge in [0.25, 0.3) is 5.91 Å². The van der Waals surface area contributed by atoms with Crippen LogP contribution in [0.25, 0.3) is 11.4 Å². The third kappa shape index (κ3) is 4.42. The molecule has 1 aliphatic heterocycles. The Morgan fingerprint density at radius 3 is 2.25 bits per heavy atom. The number of pyridine rings is 1. The van der Waals surface area contributed by atoms with Gasteiger partial charge in [0.2, 0.25) is 0 Å². The van der Waals surface area contributed by atoms with E-state index in [2.05, 4.69) is 14.9 Å². The van der Waals surface area contributed by atoms with Crippen molar-refractivity contribution in [2.45, 2.75) is 20.0 Å². The van der Waals surface area contributed by atoms with Crippen LogP contribution in [0.4, 0.5) is 19.0 Å². The third-order valence-corrected chi connectivity index (χ3v) is 5.61. The highest BCUT2D eigenvalue weighted by Gasteiger charge is 2.31. The largest absolute Gasteiger partial charge is 0.416 e. The molecule has 1 aliphatic rings. The van der Waals surface area contributed by atoms with E-state index in [0.717, 1.165) is 34.8 Å². The van der Waals surface area contributed by atoms with Gasteiger partial charge < -0.3 is 9.80 Å². The summed E-state index contributed by atoms with van der Waals surface area (Å²) >= 11 is 0. The van der Waals surface area contributed by atoms with Gasteiger partial charge in [-0.05, 0) is 50.2 Å². The molecule has 6 nitrogen and oxygen atoms in total. The lowest BCUT2D eigenvalue weighted by molar-refractivity contribution is -0.137. The lowest BCUT2D eigenvalue weighted by atomic mass is 10.1. The number of aryl methyl sites for hydroxylation is 1. The molecule has 0 spiro atoms. The average molecular weight is 441 g/mol. The van der Waals surface area contributed by atoms with Gasteiger partial charge in [-0.3, -0.25) is 9.78 Å². The van der Waals surface area contributed by atoms with Crippen LogP contribution < -0.4 is 4.90 Å². The minimum Gasteiger partial charge on any atom is -0.353 e. The summed E-state index contributed by atoms with van der Waals surface area (Å²) in [5.74, 6) is 1.14. The van der Waals surface area contributed by atoms with Gasteiger partial charge in [-0.15, -0.1) is 0 Å². The molecular formula is C23H22F3N5O. The fraction of sp³-hybridized carbons (Fsp3) is 0.304. The minimum absolute atomic E-state index is 0.249. The van der Waals surface area contributed by atoms with Crippen molar-refractivity contribution >= 4 is 11.7 Å². The van der Waals surface area contributed by atoms with E-state index < -0.39 is 11.7 Å². The molecule has 0 radical (unpaired) electrons. The quantitative estimate of drug-likeness (QED) is 0.612. The number of hydrogen-bond donors (Lipinski definition) is 0. The molecule has 4 rings (SSSR count). The number of anilines is 1. The zero-order valence-corrected chi connectivity index (χ0v) is 17.7. The Hall–Kier alpha value is -3.49. The summed E-state index contributed by atoms with van der Waals surface area (Å²) in [7, 11) is 0. The molecule has 2 aromatic heterocycles. The lowest BCUT2D eigenvalue weighted by Crippen LogP contribution is -2.49. The minimum atomic E-state index is -4.42.